The Morgan fingerprint density at radius 2 is 2.19 bits per heavy atom. The fraction of sp³-hybridized carbons (Fsp3) is 0.333. The molecule has 1 aromatic carbocycles. The van der Waals surface area contributed by atoms with Crippen LogP contribution in [0.15, 0.2) is 29.1 Å². The number of H-pyrrole nitrogens is 1. The van der Waals surface area contributed by atoms with Crippen molar-refractivity contribution in [3.63, 3.8) is 0 Å². The molecule has 0 saturated heterocycles. The summed E-state index contributed by atoms with van der Waals surface area (Å²) in [5.74, 6) is -0.274. The van der Waals surface area contributed by atoms with Crippen molar-refractivity contribution in [2.45, 2.75) is 32.8 Å². The van der Waals surface area contributed by atoms with Gasteiger partial charge in [0.15, 0.2) is 11.6 Å². The van der Waals surface area contributed by atoms with Gasteiger partial charge in [0.2, 0.25) is 0 Å². The highest BCUT2D eigenvalue weighted by Crippen LogP contribution is 2.23. The van der Waals surface area contributed by atoms with Crippen LogP contribution < -0.4 is 10.3 Å². The quantitative estimate of drug-likeness (QED) is 0.700. The molecule has 0 aliphatic carbocycles. The maximum absolute atomic E-state index is 12.5. The Morgan fingerprint density at radius 1 is 1.42 bits per heavy atom. The van der Waals surface area contributed by atoms with E-state index in [-0.39, 0.29) is 5.56 Å². The zero-order valence-corrected chi connectivity index (χ0v) is 14.8. The number of carboxylic acids is 1. The standard InChI is InChI=1S/C18H20N4O4/c1-4-6-13-14-15(22(3)21-13)17(23)20-16(19-14)11-7-5-8-12(9-11)26-10(2)18(24)25/h5,7-10H,4,6H2,1-3H3,(H,24,25)(H,19,20,23). The number of hydrogen-bond donors (Lipinski definition) is 2. The number of nitrogens with one attached hydrogen (secondary N) is 1. The summed E-state index contributed by atoms with van der Waals surface area (Å²) in [5, 5.41) is 13.4. The van der Waals surface area contributed by atoms with Gasteiger partial charge in [0.25, 0.3) is 5.56 Å². The molecule has 2 N–H and O–H groups in total. The van der Waals surface area contributed by atoms with E-state index in [0.717, 1.165) is 18.5 Å². The molecule has 0 spiro atoms. The van der Waals surface area contributed by atoms with Crippen molar-refractivity contribution < 1.29 is 14.6 Å². The number of hydrogen-bond acceptors (Lipinski definition) is 5. The van der Waals surface area contributed by atoms with E-state index in [2.05, 4.69) is 15.1 Å². The largest absolute Gasteiger partial charge is 0.479 e. The van der Waals surface area contributed by atoms with E-state index in [1.807, 2.05) is 6.92 Å². The first-order valence-electron chi connectivity index (χ1n) is 8.36. The Kier molecular flexibility index (Phi) is 4.75. The summed E-state index contributed by atoms with van der Waals surface area (Å²) in [5.41, 5.74) is 2.16. The second-order valence-electron chi connectivity index (χ2n) is 6.06. The lowest BCUT2D eigenvalue weighted by molar-refractivity contribution is -0.144. The molecule has 3 aromatic rings. The summed E-state index contributed by atoms with van der Waals surface area (Å²) in [6.07, 6.45) is 0.646. The van der Waals surface area contributed by atoms with E-state index in [0.29, 0.717) is 28.2 Å². The molecule has 0 fully saturated rings. The Labute approximate surface area is 149 Å². The summed E-state index contributed by atoms with van der Waals surface area (Å²) in [7, 11) is 1.72. The Morgan fingerprint density at radius 3 is 2.88 bits per heavy atom. The normalized spacial score (nSPS) is 12.3. The fourth-order valence-corrected chi connectivity index (χ4v) is 2.76. The minimum Gasteiger partial charge on any atom is -0.479 e. The van der Waals surface area contributed by atoms with Gasteiger partial charge in [-0.15, -0.1) is 0 Å². The van der Waals surface area contributed by atoms with E-state index in [1.165, 1.54) is 6.92 Å². The van der Waals surface area contributed by atoms with E-state index < -0.39 is 12.1 Å². The first-order chi connectivity index (χ1) is 12.4. The molecule has 2 heterocycles. The van der Waals surface area contributed by atoms with Crippen LogP contribution in [0.25, 0.3) is 22.4 Å². The van der Waals surface area contributed by atoms with Gasteiger partial charge in [-0.25, -0.2) is 9.78 Å². The molecular weight excluding hydrogens is 336 g/mol. The molecule has 2 aromatic heterocycles. The number of aryl methyl sites for hydroxylation is 2. The van der Waals surface area contributed by atoms with Crippen molar-refractivity contribution in [3.8, 4) is 17.1 Å². The Balaban J connectivity index is 2.07. The molecule has 0 aliphatic rings. The van der Waals surface area contributed by atoms with Crippen LogP contribution in [-0.2, 0) is 18.3 Å². The van der Waals surface area contributed by atoms with Crippen molar-refractivity contribution in [2.24, 2.45) is 7.05 Å². The SMILES string of the molecule is CCCc1nn(C)c2c(=O)[nH]c(-c3cccc(OC(C)C(=O)O)c3)nc12. The summed E-state index contributed by atoms with van der Waals surface area (Å²) < 4.78 is 6.93. The minimum absolute atomic E-state index is 0.271. The lowest BCUT2D eigenvalue weighted by Gasteiger charge is -2.11. The zero-order valence-electron chi connectivity index (χ0n) is 14.8. The number of rotatable bonds is 6. The molecule has 26 heavy (non-hydrogen) atoms. The number of carbonyl (C=O) groups is 1. The summed E-state index contributed by atoms with van der Waals surface area (Å²) in [6, 6.07) is 6.81. The number of benzene rings is 1. The van der Waals surface area contributed by atoms with E-state index in [4.69, 9.17) is 9.84 Å². The average molecular weight is 356 g/mol. The third-order valence-corrected chi connectivity index (χ3v) is 4.02. The molecule has 136 valence electrons. The third kappa shape index (κ3) is 3.30. The molecule has 3 rings (SSSR count). The van der Waals surface area contributed by atoms with Gasteiger partial charge in [0, 0.05) is 12.6 Å². The van der Waals surface area contributed by atoms with Gasteiger partial charge in [-0.2, -0.15) is 5.10 Å². The van der Waals surface area contributed by atoms with Gasteiger partial charge >= 0.3 is 5.97 Å². The first-order valence-corrected chi connectivity index (χ1v) is 8.36. The number of carboxylic acid groups (broad SMARTS) is 1. The van der Waals surface area contributed by atoms with Crippen LogP contribution in [0.2, 0.25) is 0 Å². The van der Waals surface area contributed by atoms with Gasteiger partial charge < -0.3 is 14.8 Å². The van der Waals surface area contributed by atoms with E-state index in [1.54, 1.807) is 36.0 Å². The molecule has 0 saturated carbocycles. The van der Waals surface area contributed by atoms with Crippen LogP contribution >= 0.6 is 0 Å². The van der Waals surface area contributed by atoms with E-state index >= 15 is 0 Å². The van der Waals surface area contributed by atoms with Crippen molar-refractivity contribution in [1.82, 2.24) is 19.7 Å². The number of aromatic amines is 1. The molecule has 0 amide bonds. The van der Waals surface area contributed by atoms with Crippen molar-refractivity contribution >= 4 is 17.0 Å². The molecule has 1 atom stereocenters. The summed E-state index contributed by atoms with van der Waals surface area (Å²) in [4.78, 5) is 30.8. The molecule has 8 nitrogen and oxygen atoms in total. The van der Waals surface area contributed by atoms with Crippen molar-refractivity contribution in [3.05, 3.63) is 40.3 Å². The average Bonchev–Trinajstić information content (AvgIpc) is 2.91. The number of ether oxygens (including phenoxy) is 1. The second kappa shape index (κ2) is 6.99. The summed E-state index contributed by atoms with van der Waals surface area (Å²) in [6.45, 7) is 3.49. The van der Waals surface area contributed by atoms with Gasteiger partial charge in [-0.05, 0) is 25.5 Å². The Hall–Kier alpha value is -3.16. The number of aliphatic carboxylic acids is 1. The fourth-order valence-electron chi connectivity index (χ4n) is 2.76. The van der Waals surface area contributed by atoms with Gasteiger partial charge in [-0.3, -0.25) is 9.48 Å². The summed E-state index contributed by atoms with van der Waals surface area (Å²) >= 11 is 0. The first kappa shape index (κ1) is 17.7. The highest BCUT2D eigenvalue weighted by Gasteiger charge is 2.16. The molecule has 8 heteroatoms. The third-order valence-electron chi connectivity index (χ3n) is 4.02. The van der Waals surface area contributed by atoms with Crippen LogP contribution in [0.4, 0.5) is 0 Å². The molecular formula is C18H20N4O4. The Bertz CT molecular complexity index is 1020. The lowest BCUT2D eigenvalue weighted by Crippen LogP contribution is -2.22. The number of fused-ring (bicyclic) bond motifs is 1. The van der Waals surface area contributed by atoms with Gasteiger partial charge in [0.1, 0.15) is 17.1 Å². The molecule has 0 radical (unpaired) electrons. The number of nitrogens with zero attached hydrogens (tertiary/aromatic N) is 3. The van der Waals surface area contributed by atoms with Crippen molar-refractivity contribution in [1.29, 1.82) is 0 Å². The monoisotopic (exact) mass is 356 g/mol. The molecule has 1 unspecified atom stereocenters. The second-order valence-corrected chi connectivity index (χ2v) is 6.06. The zero-order chi connectivity index (χ0) is 18.8. The minimum atomic E-state index is -1.05. The molecule has 0 bridgehead atoms. The van der Waals surface area contributed by atoms with Gasteiger partial charge in [-0.1, -0.05) is 25.5 Å². The topological polar surface area (TPSA) is 110 Å². The van der Waals surface area contributed by atoms with Crippen molar-refractivity contribution in [2.75, 3.05) is 0 Å². The molecule has 0 aliphatic heterocycles. The number of aromatic nitrogens is 4. The van der Waals surface area contributed by atoms with Crippen LogP contribution in [0.1, 0.15) is 26.0 Å². The maximum Gasteiger partial charge on any atom is 0.344 e. The van der Waals surface area contributed by atoms with Crippen LogP contribution in [0.3, 0.4) is 0 Å². The van der Waals surface area contributed by atoms with Crippen LogP contribution in [0, 0.1) is 0 Å². The predicted molar refractivity (Wildman–Crippen MR) is 96.3 cm³/mol. The smallest absolute Gasteiger partial charge is 0.344 e. The highest BCUT2D eigenvalue weighted by molar-refractivity contribution is 5.79. The van der Waals surface area contributed by atoms with Gasteiger partial charge in [0.05, 0.1) is 5.69 Å². The van der Waals surface area contributed by atoms with Crippen LogP contribution in [-0.4, -0.2) is 36.9 Å². The van der Waals surface area contributed by atoms with E-state index in [9.17, 15) is 9.59 Å². The maximum atomic E-state index is 12.5. The lowest BCUT2D eigenvalue weighted by atomic mass is 10.2. The highest BCUT2D eigenvalue weighted by atomic mass is 16.5. The predicted octanol–water partition coefficient (Wildman–Crippen LogP) is 2.13. The van der Waals surface area contributed by atoms with Crippen LogP contribution in [0.5, 0.6) is 5.75 Å².